The molecule has 0 aliphatic heterocycles. The number of carbonyl (C=O) groups excluding carboxylic acids is 2. The monoisotopic (exact) mass is 616 g/mol. The van der Waals surface area contributed by atoms with Gasteiger partial charge in [-0.3, -0.25) is 9.63 Å². The zero-order chi connectivity index (χ0) is 31.9. The lowest BCUT2D eigenvalue weighted by Crippen LogP contribution is -2.35. The van der Waals surface area contributed by atoms with Gasteiger partial charge in [-0.1, -0.05) is 29.8 Å². The van der Waals surface area contributed by atoms with Gasteiger partial charge in [-0.2, -0.15) is 5.10 Å². The largest absolute Gasteiger partial charge is 0.569 e. The van der Waals surface area contributed by atoms with Gasteiger partial charge in [0.05, 0.1) is 47.0 Å². The van der Waals surface area contributed by atoms with Crippen molar-refractivity contribution in [2.45, 2.75) is 64.7 Å². The van der Waals surface area contributed by atoms with E-state index < -0.39 is 34.0 Å². The molecule has 0 spiro atoms. The van der Waals surface area contributed by atoms with E-state index in [2.05, 4.69) is 10.4 Å². The van der Waals surface area contributed by atoms with E-state index in [1.807, 2.05) is 48.9 Å². The van der Waals surface area contributed by atoms with Crippen LogP contribution in [-0.4, -0.2) is 65.7 Å². The van der Waals surface area contributed by atoms with Crippen LogP contribution in [0.3, 0.4) is 0 Å². The van der Waals surface area contributed by atoms with Crippen molar-refractivity contribution in [3.63, 3.8) is 0 Å². The molecule has 1 heterocycles. The van der Waals surface area contributed by atoms with Gasteiger partial charge >= 0.3 is 6.16 Å². The van der Waals surface area contributed by atoms with E-state index in [1.54, 1.807) is 37.6 Å². The summed E-state index contributed by atoms with van der Waals surface area (Å²) in [5.74, 6) is -0.837. The summed E-state index contributed by atoms with van der Waals surface area (Å²) in [4.78, 5) is 28.7. The number of sulfonamides is 1. The average molecular weight is 617 g/mol. The maximum absolute atomic E-state index is 12.8. The van der Waals surface area contributed by atoms with Crippen molar-refractivity contribution in [1.29, 1.82) is 0 Å². The van der Waals surface area contributed by atoms with Gasteiger partial charge in [-0.15, -0.1) is 5.01 Å². The third-order valence-corrected chi connectivity index (χ3v) is 7.08. The summed E-state index contributed by atoms with van der Waals surface area (Å²) in [5.41, 5.74) is 3.59. The number of rotatable bonds is 11. The lowest BCUT2D eigenvalue weighted by atomic mass is 10.1. The summed E-state index contributed by atoms with van der Waals surface area (Å²) in [6.45, 7) is 9.96. The van der Waals surface area contributed by atoms with Gasteiger partial charge in [-0.25, -0.2) is 22.6 Å². The van der Waals surface area contributed by atoms with Crippen molar-refractivity contribution < 1.29 is 37.3 Å². The summed E-state index contributed by atoms with van der Waals surface area (Å²) in [5, 5.41) is 20.8. The molecule has 0 aliphatic rings. The Morgan fingerprint density at radius 2 is 1.74 bits per heavy atom. The number of aromatic nitrogens is 2. The minimum absolute atomic E-state index is 0.0251. The second-order valence-electron chi connectivity index (χ2n) is 10.7. The van der Waals surface area contributed by atoms with Crippen LogP contribution in [0.2, 0.25) is 0 Å². The van der Waals surface area contributed by atoms with E-state index in [9.17, 15) is 23.2 Å². The van der Waals surface area contributed by atoms with Crippen LogP contribution in [0.5, 0.6) is 0 Å². The Bertz CT molecular complexity index is 1560. The number of benzene rings is 2. The number of nitrogens with one attached hydrogen (secondary N) is 1. The molecular weight excluding hydrogens is 580 g/mol. The molecule has 3 aromatic rings. The Morgan fingerprint density at radius 3 is 2.35 bits per heavy atom. The molecule has 1 amide bonds. The lowest BCUT2D eigenvalue weighted by molar-refractivity contribution is -0.707. The molecule has 0 aliphatic carbocycles. The Labute approximate surface area is 250 Å². The minimum Gasteiger partial charge on any atom is -0.569 e. The molecule has 2 aromatic carbocycles. The van der Waals surface area contributed by atoms with Crippen molar-refractivity contribution >= 4 is 22.1 Å². The highest BCUT2D eigenvalue weighted by atomic mass is 32.2. The van der Waals surface area contributed by atoms with Crippen molar-refractivity contribution in [2.75, 3.05) is 13.6 Å². The number of carbonyl (C=O) groups is 2. The molecule has 0 saturated heterocycles. The minimum atomic E-state index is -4.18. The van der Waals surface area contributed by atoms with Crippen LogP contribution >= 0.6 is 0 Å². The van der Waals surface area contributed by atoms with Gasteiger partial charge in [0.25, 0.3) is 16.3 Å². The molecule has 0 radical (unpaired) electrons. The van der Waals surface area contributed by atoms with Crippen LogP contribution in [-0.2, 0) is 29.1 Å². The maximum Gasteiger partial charge on any atom is 0.511 e. The van der Waals surface area contributed by atoms with E-state index in [4.69, 9.17) is 14.3 Å². The Balaban J connectivity index is 1.56. The van der Waals surface area contributed by atoms with Gasteiger partial charge < -0.3 is 14.7 Å². The fourth-order valence-electron chi connectivity index (χ4n) is 3.60. The summed E-state index contributed by atoms with van der Waals surface area (Å²) in [7, 11) is -2.88. The van der Waals surface area contributed by atoms with Crippen LogP contribution in [0.4, 0.5) is 4.79 Å². The number of hydrazine groups is 1. The SMILES string of the molecule is Cc1ccc(-c2cc(C)nn2-c2ccc(S(=O)(=O)NC(=O)CCN(C)/[N+]([O-])=N/OC(C)OC(=O)OC(C)(C)C)cc2)cc1. The molecule has 43 heavy (non-hydrogen) atoms. The lowest BCUT2D eigenvalue weighted by Gasteiger charge is -2.20. The van der Waals surface area contributed by atoms with Crippen LogP contribution in [0.25, 0.3) is 16.9 Å². The predicted octanol–water partition coefficient (Wildman–Crippen LogP) is 4.39. The third-order valence-electron chi connectivity index (χ3n) is 5.69. The number of amides is 1. The summed E-state index contributed by atoms with van der Waals surface area (Å²) in [6, 6.07) is 15.9. The first-order valence-corrected chi connectivity index (χ1v) is 14.8. The number of hydrogen-bond acceptors (Lipinski definition) is 10. The summed E-state index contributed by atoms with van der Waals surface area (Å²) in [6.07, 6.45) is -2.58. The molecule has 0 fully saturated rings. The highest BCUT2D eigenvalue weighted by molar-refractivity contribution is 7.90. The summed E-state index contributed by atoms with van der Waals surface area (Å²) < 4.78 is 39.1. The summed E-state index contributed by atoms with van der Waals surface area (Å²) >= 11 is 0. The third kappa shape index (κ3) is 9.70. The van der Waals surface area contributed by atoms with Gasteiger partial charge in [-0.05, 0) is 65.0 Å². The molecule has 14 nitrogen and oxygen atoms in total. The molecular formula is C28H36N6O8S. The van der Waals surface area contributed by atoms with Gasteiger partial charge in [0, 0.05) is 12.5 Å². The molecule has 1 unspecified atom stereocenters. The molecule has 15 heteroatoms. The second kappa shape index (κ2) is 13.5. The Kier molecular flexibility index (Phi) is 10.3. The second-order valence-corrected chi connectivity index (χ2v) is 12.4. The smallest absolute Gasteiger partial charge is 0.511 e. The van der Waals surface area contributed by atoms with Crippen molar-refractivity contribution in [1.82, 2.24) is 19.5 Å². The first kappa shape index (κ1) is 32.8. The van der Waals surface area contributed by atoms with Crippen LogP contribution < -0.4 is 4.72 Å². The molecule has 3 rings (SSSR count). The number of aryl methyl sites for hydroxylation is 2. The quantitative estimate of drug-likeness (QED) is 0.107. The van der Waals surface area contributed by atoms with E-state index in [0.717, 1.165) is 27.5 Å². The standard InChI is InChI=1S/C28H36N6O8S/c1-19-8-10-22(11-9-19)25-18-20(2)29-33(25)23-12-14-24(15-13-23)43(38,39)30-26(35)16-17-32(7)34(37)31-42-21(3)40-27(36)41-28(4,5)6/h8-15,18,21H,16-17H2,1-7H3,(H,30,35)/b34-31-. The fourth-order valence-corrected chi connectivity index (χ4v) is 4.62. The van der Waals surface area contributed by atoms with Crippen molar-refractivity contribution in [3.8, 4) is 16.9 Å². The van der Waals surface area contributed by atoms with Gasteiger partial charge in [0.15, 0.2) is 0 Å². The molecule has 1 atom stereocenters. The molecule has 232 valence electrons. The number of nitrogens with zero attached hydrogens (tertiary/aromatic N) is 5. The number of hydrogen-bond donors (Lipinski definition) is 1. The zero-order valence-corrected chi connectivity index (χ0v) is 25.9. The van der Waals surface area contributed by atoms with Crippen LogP contribution in [0, 0.1) is 19.1 Å². The highest BCUT2D eigenvalue weighted by Crippen LogP contribution is 2.25. The fraction of sp³-hybridized carbons (Fsp3) is 0.393. The van der Waals surface area contributed by atoms with E-state index in [1.165, 1.54) is 26.1 Å². The zero-order valence-electron chi connectivity index (χ0n) is 25.1. The van der Waals surface area contributed by atoms with Crippen LogP contribution in [0.15, 0.2) is 64.8 Å². The van der Waals surface area contributed by atoms with Gasteiger partial charge in [0.1, 0.15) is 5.60 Å². The predicted molar refractivity (Wildman–Crippen MR) is 155 cm³/mol. The Morgan fingerprint density at radius 1 is 1.12 bits per heavy atom. The molecule has 0 bridgehead atoms. The first-order valence-electron chi connectivity index (χ1n) is 13.3. The topological polar surface area (TPSA) is 167 Å². The Hall–Kier alpha value is -4.66. The van der Waals surface area contributed by atoms with Gasteiger partial charge in [0.2, 0.25) is 11.2 Å². The van der Waals surface area contributed by atoms with E-state index >= 15 is 0 Å². The molecule has 0 saturated carbocycles. The number of ether oxygens (including phenoxy) is 2. The van der Waals surface area contributed by atoms with E-state index in [-0.39, 0.29) is 22.8 Å². The van der Waals surface area contributed by atoms with E-state index in [0.29, 0.717) is 5.69 Å². The van der Waals surface area contributed by atoms with Crippen LogP contribution in [0.1, 0.15) is 45.4 Å². The molecule has 1 aromatic heterocycles. The average Bonchev–Trinajstić information content (AvgIpc) is 3.31. The van der Waals surface area contributed by atoms with Crippen molar-refractivity contribution in [2.24, 2.45) is 5.28 Å². The maximum atomic E-state index is 12.8. The van der Waals surface area contributed by atoms with Crippen molar-refractivity contribution in [3.05, 3.63) is 71.1 Å². The first-order chi connectivity index (χ1) is 20.0. The normalized spacial score (nSPS) is 12.8. The highest BCUT2D eigenvalue weighted by Gasteiger charge is 2.22. The molecule has 1 N–H and O–H groups in total.